The van der Waals surface area contributed by atoms with Gasteiger partial charge in [0, 0.05) is 27.8 Å². The van der Waals surface area contributed by atoms with E-state index in [0.717, 1.165) is 66.8 Å². The van der Waals surface area contributed by atoms with Crippen LogP contribution in [0.25, 0.3) is 134 Å². The fourth-order valence-corrected chi connectivity index (χ4v) is 10.2. The molecule has 70 heavy (non-hydrogen) atoms. The molecule has 0 saturated heterocycles. The summed E-state index contributed by atoms with van der Waals surface area (Å²) < 4.78 is 0. The van der Waals surface area contributed by atoms with Crippen LogP contribution in [0.1, 0.15) is 5.56 Å². The molecular weight excluding hydrogens is 849 g/mol. The van der Waals surface area contributed by atoms with Crippen LogP contribution >= 0.6 is 0 Å². The van der Waals surface area contributed by atoms with Gasteiger partial charge in [-0.2, -0.15) is 5.26 Å². The summed E-state index contributed by atoms with van der Waals surface area (Å²) in [6, 6.07) is 87.5. The van der Waals surface area contributed by atoms with Crippen LogP contribution in [-0.4, -0.2) is 15.0 Å². The van der Waals surface area contributed by atoms with Crippen molar-refractivity contribution in [3.05, 3.63) is 248 Å². The Bertz CT molecular complexity index is 4070. The van der Waals surface area contributed by atoms with Crippen LogP contribution in [0.15, 0.2) is 243 Å². The van der Waals surface area contributed by atoms with Gasteiger partial charge in [-0.3, -0.25) is 0 Å². The molecule has 12 aromatic rings. The van der Waals surface area contributed by atoms with Gasteiger partial charge in [-0.1, -0.05) is 212 Å². The first-order valence-corrected chi connectivity index (χ1v) is 23.5. The third-order valence-electron chi connectivity index (χ3n) is 13.7. The Morgan fingerprint density at radius 1 is 0.243 bits per heavy atom. The molecule has 0 radical (unpaired) electrons. The molecular formula is C66H40N4. The molecule has 4 heteroatoms. The van der Waals surface area contributed by atoms with Crippen molar-refractivity contribution in [1.82, 2.24) is 15.0 Å². The Balaban J connectivity index is 0.818. The summed E-state index contributed by atoms with van der Waals surface area (Å²) in [5.74, 6) is 1.79. The molecule has 0 atom stereocenters. The third kappa shape index (κ3) is 7.22. The lowest BCUT2D eigenvalue weighted by Gasteiger charge is -2.13. The number of hydrogen-bond acceptors (Lipinski definition) is 4. The zero-order valence-electron chi connectivity index (χ0n) is 37.9. The monoisotopic (exact) mass is 888 g/mol. The van der Waals surface area contributed by atoms with Gasteiger partial charge in [-0.15, -0.1) is 0 Å². The highest BCUT2D eigenvalue weighted by atomic mass is 15.0. The van der Waals surface area contributed by atoms with Crippen molar-refractivity contribution in [3.8, 4) is 118 Å². The normalized spacial score (nSPS) is 11.4. The number of aromatic nitrogens is 3. The van der Waals surface area contributed by atoms with Crippen molar-refractivity contribution in [2.75, 3.05) is 0 Å². The summed E-state index contributed by atoms with van der Waals surface area (Å²) in [4.78, 5) is 15.3. The largest absolute Gasteiger partial charge is 0.208 e. The minimum atomic E-state index is 0.586. The van der Waals surface area contributed by atoms with Gasteiger partial charge in [0.15, 0.2) is 17.5 Å². The average Bonchev–Trinajstić information content (AvgIpc) is 3.76. The second-order valence-corrected chi connectivity index (χ2v) is 17.9. The number of hydrogen-bond donors (Lipinski definition) is 0. The fraction of sp³-hybridized carbons (Fsp3) is 0. The van der Waals surface area contributed by atoms with Gasteiger partial charge in [0.2, 0.25) is 0 Å². The highest BCUT2D eigenvalue weighted by Gasteiger charge is 2.22. The van der Waals surface area contributed by atoms with E-state index in [2.05, 4.69) is 200 Å². The van der Waals surface area contributed by atoms with Crippen molar-refractivity contribution in [1.29, 1.82) is 5.26 Å². The van der Waals surface area contributed by atoms with E-state index in [1.807, 2.05) is 48.5 Å². The van der Waals surface area contributed by atoms with E-state index in [4.69, 9.17) is 15.0 Å². The van der Waals surface area contributed by atoms with Crippen LogP contribution in [0.4, 0.5) is 0 Å². The van der Waals surface area contributed by atoms with E-state index in [-0.39, 0.29) is 0 Å². The highest BCUT2D eigenvalue weighted by molar-refractivity contribution is 6.15. The summed E-state index contributed by atoms with van der Waals surface area (Å²) in [6.45, 7) is 0. The number of nitriles is 1. The zero-order chi connectivity index (χ0) is 46.5. The van der Waals surface area contributed by atoms with Gasteiger partial charge in [0.25, 0.3) is 0 Å². The van der Waals surface area contributed by atoms with E-state index in [9.17, 15) is 5.26 Å². The molecule has 324 valence electrons. The fourth-order valence-electron chi connectivity index (χ4n) is 10.2. The Hall–Kier alpha value is -9.56. The SMILES string of the molecule is N#Cc1c(-c2ccc(-c3ccc4c(c3)-c3cccc5cccc-4c35)cc2)cccc1-c1cccc(-c2cccc(-c3nc(-c4ccccc4)nc(-c4cccc(-c5ccc6ccccc6c5)c4)n3)c2)c1. The van der Waals surface area contributed by atoms with Gasteiger partial charge >= 0.3 is 0 Å². The van der Waals surface area contributed by atoms with Crippen LogP contribution in [0.2, 0.25) is 0 Å². The quantitative estimate of drug-likeness (QED) is 0.152. The molecule has 0 amide bonds. The highest BCUT2D eigenvalue weighted by Crippen LogP contribution is 2.48. The number of rotatable bonds is 8. The lowest BCUT2D eigenvalue weighted by atomic mass is 9.90. The Kier molecular flexibility index (Phi) is 9.85. The lowest BCUT2D eigenvalue weighted by molar-refractivity contribution is 1.07. The summed E-state index contributed by atoms with van der Waals surface area (Å²) in [5, 5.41) is 15.8. The topological polar surface area (TPSA) is 62.5 Å². The molecule has 11 aromatic carbocycles. The predicted molar refractivity (Wildman–Crippen MR) is 287 cm³/mol. The Labute approximate surface area is 406 Å². The van der Waals surface area contributed by atoms with Gasteiger partial charge in [0.05, 0.1) is 5.56 Å². The van der Waals surface area contributed by atoms with Crippen LogP contribution < -0.4 is 0 Å². The minimum Gasteiger partial charge on any atom is -0.208 e. The molecule has 4 nitrogen and oxygen atoms in total. The maximum Gasteiger partial charge on any atom is 0.164 e. The molecule has 1 heterocycles. The van der Waals surface area contributed by atoms with E-state index in [0.29, 0.717) is 23.0 Å². The van der Waals surface area contributed by atoms with Crippen molar-refractivity contribution in [2.24, 2.45) is 0 Å². The standard InChI is InChI=1S/C66H40N4/c67-41-62-56(44-31-28-43(29-32-44)52-34-35-58-59-26-9-16-45-17-10-27-60(63(45)59)61(58)40-52)24-11-25-57(62)53-21-6-18-48(37-53)49-19-7-22-54(38-49)65-68-64(46-13-2-1-3-14-46)69-66(70-65)55-23-8-20-50(39-55)51-33-30-42-12-4-5-15-47(42)36-51/h1-40H. The van der Waals surface area contributed by atoms with Crippen LogP contribution in [0, 0.1) is 11.3 Å². The zero-order valence-corrected chi connectivity index (χ0v) is 37.9. The van der Waals surface area contributed by atoms with Crippen LogP contribution in [0.3, 0.4) is 0 Å². The molecule has 0 unspecified atom stereocenters. The predicted octanol–water partition coefficient (Wildman–Crippen LogP) is 17.0. The van der Waals surface area contributed by atoms with E-state index in [1.165, 1.54) is 49.4 Å². The smallest absolute Gasteiger partial charge is 0.164 e. The summed E-state index contributed by atoms with van der Waals surface area (Å²) in [7, 11) is 0. The molecule has 0 N–H and O–H groups in total. The first kappa shape index (κ1) is 40.7. The molecule has 0 spiro atoms. The van der Waals surface area contributed by atoms with Gasteiger partial charge in [-0.05, 0) is 119 Å². The van der Waals surface area contributed by atoms with Crippen LogP contribution in [0.5, 0.6) is 0 Å². The minimum absolute atomic E-state index is 0.586. The van der Waals surface area contributed by atoms with E-state index < -0.39 is 0 Å². The van der Waals surface area contributed by atoms with Gasteiger partial charge < -0.3 is 0 Å². The van der Waals surface area contributed by atoms with Crippen molar-refractivity contribution in [3.63, 3.8) is 0 Å². The molecule has 0 fully saturated rings. The van der Waals surface area contributed by atoms with Gasteiger partial charge in [0.1, 0.15) is 6.07 Å². The summed E-state index contributed by atoms with van der Waals surface area (Å²) >= 11 is 0. The summed E-state index contributed by atoms with van der Waals surface area (Å²) in [5.41, 5.74) is 18.8. The molecule has 1 aliphatic rings. The molecule has 0 bridgehead atoms. The molecule has 1 aliphatic carbocycles. The third-order valence-corrected chi connectivity index (χ3v) is 13.7. The first-order valence-electron chi connectivity index (χ1n) is 23.5. The lowest BCUT2D eigenvalue weighted by Crippen LogP contribution is -2.00. The van der Waals surface area contributed by atoms with Crippen molar-refractivity contribution >= 4 is 21.5 Å². The number of fused-ring (bicyclic) bond motifs is 4. The first-order chi connectivity index (χ1) is 34.6. The second kappa shape index (κ2) is 16.9. The van der Waals surface area contributed by atoms with Crippen molar-refractivity contribution in [2.45, 2.75) is 0 Å². The number of benzene rings is 11. The van der Waals surface area contributed by atoms with Crippen LogP contribution in [-0.2, 0) is 0 Å². The maximum absolute atomic E-state index is 10.8. The average molecular weight is 889 g/mol. The molecule has 0 aliphatic heterocycles. The van der Waals surface area contributed by atoms with E-state index in [1.54, 1.807) is 0 Å². The summed E-state index contributed by atoms with van der Waals surface area (Å²) in [6.07, 6.45) is 0. The Morgan fingerprint density at radius 3 is 1.34 bits per heavy atom. The molecule has 0 saturated carbocycles. The Morgan fingerprint density at radius 2 is 0.671 bits per heavy atom. The molecule has 13 rings (SSSR count). The molecule has 1 aromatic heterocycles. The van der Waals surface area contributed by atoms with Gasteiger partial charge in [-0.25, -0.2) is 15.0 Å². The van der Waals surface area contributed by atoms with Crippen molar-refractivity contribution < 1.29 is 0 Å². The van der Waals surface area contributed by atoms with E-state index >= 15 is 0 Å². The second-order valence-electron chi connectivity index (χ2n) is 17.9. The maximum atomic E-state index is 10.8. The number of nitrogens with zero attached hydrogens (tertiary/aromatic N) is 4.